The molecule has 1 amide bonds. The van der Waals surface area contributed by atoms with Gasteiger partial charge in [0.2, 0.25) is 5.91 Å². The first-order valence-corrected chi connectivity index (χ1v) is 6.46. The standard InChI is InChI=1S/C13H20N2O2S/c1-4-13(5-2,11(14)18)12(16)15(3)9-10-7-6-8-17-10/h6-8H,4-5,9H2,1-3H3,(H2,14,18). The Hall–Kier alpha value is -1.36. The Balaban J connectivity index is 2.86. The van der Waals surface area contributed by atoms with Crippen molar-refractivity contribution in [2.45, 2.75) is 33.2 Å². The maximum absolute atomic E-state index is 12.5. The van der Waals surface area contributed by atoms with Crippen LogP contribution < -0.4 is 5.73 Å². The molecule has 2 N–H and O–H groups in total. The Bertz CT molecular complexity index is 411. The third kappa shape index (κ3) is 2.72. The second-order valence-corrected chi connectivity index (χ2v) is 4.83. The molecular weight excluding hydrogens is 248 g/mol. The fourth-order valence-corrected chi connectivity index (χ4v) is 2.46. The summed E-state index contributed by atoms with van der Waals surface area (Å²) in [5.41, 5.74) is 5.03. The number of thiocarbonyl (C=S) groups is 1. The highest BCUT2D eigenvalue weighted by Crippen LogP contribution is 2.29. The Labute approximate surface area is 113 Å². The summed E-state index contributed by atoms with van der Waals surface area (Å²) in [6.45, 7) is 4.29. The Morgan fingerprint density at radius 1 is 1.50 bits per heavy atom. The van der Waals surface area contributed by atoms with Gasteiger partial charge in [0.15, 0.2) is 0 Å². The minimum absolute atomic E-state index is 0.0450. The number of nitrogens with two attached hydrogens (primary N) is 1. The van der Waals surface area contributed by atoms with E-state index in [0.29, 0.717) is 19.4 Å². The molecule has 0 saturated heterocycles. The monoisotopic (exact) mass is 268 g/mol. The Morgan fingerprint density at radius 3 is 2.50 bits per heavy atom. The summed E-state index contributed by atoms with van der Waals surface area (Å²) < 4.78 is 5.24. The second kappa shape index (κ2) is 6.00. The van der Waals surface area contributed by atoms with E-state index in [1.54, 1.807) is 24.3 Å². The molecule has 0 saturated carbocycles. The zero-order chi connectivity index (χ0) is 13.8. The van der Waals surface area contributed by atoms with Crippen LogP contribution >= 0.6 is 12.2 Å². The number of furan rings is 1. The molecule has 0 aliphatic heterocycles. The highest BCUT2D eigenvalue weighted by Gasteiger charge is 2.40. The summed E-state index contributed by atoms with van der Waals surface area (Å²) in [6.07, 6.45) is 2.81. The quantitative estimate of drug-likeness (QED) is 0.804. The highest BCUT2D eigenvalue weighted by atomic mass is 32.1. The molecule has 1 aromatic rings. The van der Waals surface area contributed by atoms with Gasteiger partial charge in [-0.3, -0.25) is 4.79 Å². The number of hydrogen-bond donors (Lipinski definition) is 1. The maximum atomic E-state index is 12.5. The Kier molecular flexibility index (Phi) is 4.90. The molecule has 1 heterocycles. The zero-order valence-corrected chi connectivity index (χ0v) is 11.9. The van der Waals surface area contributed by atoms with Crippen LogP contribution in [0.2, 0.25) is 0 Å². The van der Waals surface area contributed by atoms with E-state index in [4.69, 9.17) is 22.4 Å². The van der Waals surface area contributed by atoms with Crippen LogP contribution in [-0.2, 0) is 11.3 Å². The van der Waals surface area contributed by atoms with Crippen LogP contribution in [0, 0.1) is 5.41 Å². The summed E-state index contributed by atoms with van der Waals surface area (Å²) in [7, 11) is 1.74. The van der Waals surface area contributed by atoms with Crippen molar-refractivity contribution in [1.29, 1.82) is 0 Å². The fraction of sp³-hybridized carbons (Fsp3) is 0.538. The van der Waals surface area contributed by atoms with E-state index in [-0.39, 0.29) is 10.9 Å². The third-order valence-electron chi connectivity index (χ3n) is 3.41. The van der Waals surface area contributed by atoms with Gasteiger partial charge in [0, 0.05) is 7.05 Å². The third-order valence-corrected chi connectivity index (χ3v) is 3.80. The molecule has 100 valence electrons. The van der Waals surface area contributed by atoms with Crippen LogP contribution in [0.15, 0.2) is 22.8 Å². The van der Waals surface area contributed by atoms with E-state index in [9.17, 15) is 4.79 Å². The molecule has 0 radical (unpaired) electrons. The average Bonchev–Trinajstić information content (AvgIpc) is 2.83. The summed E-state index contributed by atoms with van der Waals surface area (Å²) in [6, 6.07) is 3.64. The van der Waals surface area contributed by atoms with Crippen LogP contribution in [0.4, 0.5) is 0 Å². The van der Waals surface area contributed by atoms with Gasteiger partial charge >= 0.3 is 0 Å². The molecule has 4 nitrogen and oxygen atoms in total. The van der Waals surface area contributed by atoms with Gasteiger partial charge in [-0.25, -0.2) is 0 Å². The van der Waals surface area contributed by atoms with Crippen LogP contribution in [0.5, 0.6) is 0 Å². The van der Waals surface area contributed by atoms with Gasteiger partial charge in [-0.05, 0) is 25.0 Å². The van der Waals surface area contributed by atoms with E-state index in [2.05, 4.69) is 0 Å². The van der Waals surface area contributed by atoms with Crippen LogP contribution in [-0.4, -0.2) is 22.8 Å². The van der Waals surface area contributed by atoms with Crippen molar-refractivity contribution < 1.29 is 9.21 Å². The molecule has 0 aliphatic carbocycles. The lowest BCUT2D eigenvalue weighted by Gasteiger charge is -2.33. The van der Waals surface area contributed by atoms with Crippen molar-refractivity contribution in [2.75, 3.05) is 7.05 Å². The van der Waals surface area contributed by atoms with Gasteiger partial charge in [-0.15, -0.1) is 0 Å². The van der Waals surface area contributed by atoms with Gasteiger partial charge in [0.1, 0.15) is 5.76 Å². The molecule has 0 atom stereocenters. The van der Waals surface area contributed by atoms with Crippen molar-refractivity contribution in [3.8, 4) is 0 Å². The van der Waals surface area contributed by atoms with Gasteiger partial charge in [0.05, 0.1) is 23.2 Å². The molecule has 0 aliphatic rings. The molecule has 1 rings (SSSR count). The van der Waals surface area contributed by atoms with Crippen molar-refractivity contribution in [2.24, 2.45) is 11.1 Å². The van der Waals surface area contributed by atoms with Crippen molar-refractivity contribution in [3.63, 3.8) is 0 Å². The van der Waals surface area contributed by atoms with Gasteiger partial charge in [-0.1, -0.05) is 26.1 Å². The second-order valence-electron chi connectivity index (χ2n) is 4.39. The van der Waals surface area contributed by atoms with E-state index in [1.807, 2.05) is 19.9 Å². The van der Waals surface area contributed by atoms with Crippen molar-refractivity contribution in [3.05, 3.63) is 24.2 Å². The van der Waals surface area contributed by atoms with E-state index >= 15 is 0 Å². The first-order valence-electron chi connectivity index (χ1n) is 6.05. The maximum Gasteiger partial charge on any atom is 0.235 e. The van der Waals surface area contributed by atoms with Gasteiger partial charge in [-0.2, -0.15) is 0 Å². The molecular formula is C13H20N2O2S. The summed E-state index contributed by atoms with van der Waals surface area (Å²) >= 11 is 5.08. The lowest BCUT2D eigenvalue weighted by Crippen LogP contribution is -2.48. The zero-order valence-electron chi connectivity index (χ0n) is 11.1. The number of nitrogens with zero attached hydrogens (tertiary/aromatic N) is 1. The summed E-state index contributed by atoms with van der Waals surface area (Å²) in [4.78, 5) is 14.4. The van der Waals surface area contributed by atoms with Crippen molar-refractivity contribution >= 4 is 23.1 Å². The predicted molar refractivity (Wildman–Crippen MR) is 75.0 cm³/mol. The minimum atomic E-state index is -0.739. The first-order chi connectivity index (χ1) is 8.47. The number of carbonyl (C=O) groups excluding carboxylic acids is 1. The van der Waals surface area contributed by atoms with E-state index in [0.717, 1.165) is 5.76 Å². The first kappa shape index (κ1) is 14.7. The van der Waals surface area contributed by atoms with Gasteiger partial charge in [0.25, 0.3) is 0 Å². The predicted octanol–water partition coefficient (Wildman–Crippen LogP) is 2.33. The summed E-state index contributed by atoms with van der Waals surface area (Å²) in [5.74, 6) is 0.700. The average molecular weight is 268 g/mol. The number of amides is 1. The molecule has 18 heavy (non-hydrogen) atoms. The smallest absolute Gasteiger partial charge is 0.235 e. The van der Waals surface area contributed by atoms with Crippen molar-refractivity contribution in [1.82, 2.24) is 4.90 Å². The molecule has 1 aromatic heterocycles. The minimum Gasteiger partial charge on any atom is -0.467 e. The highest BCUT2D eigenvalue weighted by molar-refractivity contribution is 7.80. The summed E-state index contributed by atoms with van der Waals surface area (Å²) in [5, 5.41) is 0. The van der Waals surface area contributed by atoms with Crippen LogP contribution in [0.25, 0.3) is 0 Å². The normalized spacial score (nSPS) is 11.3. The van der Waals surface area contributed by atoms with Crippen LogP contribution in [0.3, 0.4) is 0 Å². The van der Waals surface area contributed by atoms with E-state index in [1.165, 1.54) is 0 Å². The molecule has 0 unspecified atom stereocenters. The largest absolute Gasteiger partial charge is 0.467 e. The lowest BCUT2D eigenvalue weighted by molar-refractivity contribution is -0.138. The van der Waals surface area contributed by atoms with Crippen LogP contribution in [0.1, 0.15) is 32.4 Å². The number of carbonyl (C=O) groups is 1. The molecule has 0 bridgehead atoms. The number of rotatable bonds is 6. The number of hydrogen-bond acceptors (Lipinski definition) is 3. The van der Waals surface area contributed by atoms with Gasteiger partial charge < -0.3 is 15.1 Å². The molecule has 0 spiro atoms. The Morgan fingerprint density at radius 2 is 2.11 bits per heavy atom. The molecule has 0 fully saturated rings. The fourth-order valence-electron chi connectivity index (χ4n) is 2.08. The van der Waals surface area contributed by atoms with E-state index < -0.39 is 5.41 Å². The lowest BCUT2D eigenvalue weighted by atomic mass is 9.81. The SMILES string of the molecule is CCC(CC)(C(=O)N(C)Cc1ccco1)C(N)=S. The molecule has 0 aromatic carbocycles. The molecule has 5 heteroatoms. The topological polar surface area (TPSA) is 59.5 Å².